The summed E-state index contributed by atoms with van der Waals surface area (Å²) in [6, 6.07) is 3.02. The van der Waals surface area contributed by atoms with Crippen LogP contribution < -0.4 is 10.2 Å². The summed E-state index contributed by atoms with van der Waals surface area (Å²) >= 11 is 3.68. The largest absolute Gasteiger partial charge is 0.343 e. The van der Waals surface area contributed by atoms with Crippen molar-refractivity contribution in [3.05, 3.63) is 33.0 Å². The van der Waals surface area contributed by atoms with Gasteiger partial charge in [0.1, 0.15) is 0 Å². The van der Waals surface area contributed by atoms with E-state index in [9.17, 15) is 0 Å². The van der Waals surface area contributed by atoms with Gasteiger partial charge in [-0.05, 0) is 36.3 Å². The third-order valence-corrected chi connectivity index (χ3v) is 5.74. The molecule has 1 N–H and O–H groups in total. The van der Waals surface area contributed by atoms with Crippen molar-refractivity contribution < 1.29 is 0 Å². The van der Waals surface area contributed by atoms with Crippen LogP contribution in [-0.2, 0) is 19.5 Å². The van der Waals surface area contributed by atoms with Crippen LogP contribution in [0.5, 0.6) is 0 Å². The predicted molar refractivity (Wildman–Crippen MR) is 81.0 cm³/mol. The Bertz CT molecular complexity index is 571. The SMILES string of the molecule is c1cc2c(s1)CCN(c1nc(CNC3CC3)cs1)C2. The van der Waals surface area contributed by atoms with Gasteiger partial charge in [-0.15, -0.1) is 22.7 Å². The molecule has 19 heavy (non-hydrogen) atoms. The predicted octanol–water partition coefficient (Wildman–Crippen LogP) is 3.02. The number of thiazole rings is 1. The van der Waals surface area contributed by atoms with E-state index in [1.54, 1.807) is 16.2 Å². The van der Waals surface area contributed by atoms with Crippen LogP contribution in [0.2, 0.25) is 0 Å². The molecule has 2 aliphatic rings. The third-order valence-electron chi connectivity index (χ3n) is 3.77. The molecule has 4 rings (SSSR count). The van der Waals surface area contributed by atoms with Gasteiger partial charge in [0.2, 0.25) is 0 Å². The lowest BCUT2D eigenvalue weighted by molar-refractivity contribution is 0.674. The van der Waals surface area contributed by atoms with Crippen molar-refractivity contribution in [2.24, 2.45) is 0 Å². The summed E-state index contributed by atoms with van der Waals surface area (Å²) in [6.45, 7) is 3.07. The Morgan fingerprint density at radius 2 is 2.32 bits per heavy atom. The van der Waals surface area contributed by atoms with E-state index in [4.69, 9.17) is 4.98 Å². The molecule has 0 bridgehead atoms. The molecule has 2 aromatic heterocycles. The summed E-state index contributed by atoms with van der Waals surface area (Å²) in [5.74, 6) is 0. The minimum Gasteiger partial charge on any atom is -0.343 e. The Balaban J connectivity index is 1.44. The highest BCUT2D eigenvalue weighted by Crippen LogP contribution is 2.29. The Hall–Kier alpha value is -0.910. The molecule has 0 unspecified atom stereocenters. The van der Waals surface area contributed by atoms with Gasteiger partial charge in [-0.3, -0.25) is 0 Å². The van der Waals surface area contributed by atoms with Crippen molar-refractivity contribution in [1.82, 2.24) is 10.3 Å². The molecular weight excluding hydrogens is 274 g/mol. The maximum atomic E-state index is 4.78. The van der Waals surface area contributed by atoms with Crippen LogP contribution in [0, 0.1) is 0 Å². The molecule has 0 atom stereocenters. The summed E-state index contributed by atoms with van der Waals surface area (Å²) in [5, 5.41) is 9.12. The fourth-order valence-corrected chi connectivity index (χ4v) is 4.21. The Labute approximate surface area is 121 Å². The molecule has 3 heterocycles. The first-order valence-corrected chi connectivity index (χ1v) is 8.62. The maximum absolute atomic E-state index is 4.78. The van der Waals surface area contributed by atoms with Crippen LogP contribution in [0.25, 0.3) is 0 Å². The van der Waals surface area contributed by atoms with E-state index in [1.807, 2.05) is 11.3 Å². The number of rotatable bonds is 4. The number of aromatic nitrogens is 1. The highest BCUT2D eigenvalue weighted by atomic mass is 32.1. The second-order valence-electron chi connectivity index (χ2n) is 5.32. The van der Waals surface area contributed by atoms with E-state index in [0.29, 0.717) is 0 Å². The maximum Gasteiger partial charge on any atom is 0.185 e. The Morgan fingerprint density at radius 1 is 1.37 bits per heavy atom. The van der Waals surface area contributed by atoms with E-state index >= 15 is 0 Å². The average Bonchev–Trinajstić information content (AvgIpc) is 2.96. The van der Waals surface area contributed by atoms with E-state index in [1.165, 1.54) is 35.7 Å². The van der Waals surface area contributed by atoms with Crippen molar-refractivity contribution >= 4 is 27.8 Å². The number of hydrogen-bond acceptors (Lipinski definition) is 5. The molecule has 1 aliphatic carbocycles. The molecule has 0 spiro atoms. The summed E-state index contributed by atoms with van der Waals surface area (Å²) in [7, 11) is 0. The normalized spacial score (nSPS) is 18.6. The second-order valence-corrected chi connectivity index (χ2v) is 7.15. The first kappa shape index (κ1) is 11.9. The number of nitrogens with zero attached hydrogens (tertiary/aromatic N) is 2. The summed E-state index contributed by atoms with van der Waals surface area (Å²) < 4.78 is 0. The summed E-state index contributed by atoms with van der Waals surface area (Å²) in [6.07, 6.45) is 3.84. The van der Waals surface area contributed by atoms with Crippen molar-refractivity contribution in [2.75, 3.05) is 11.4 Å². The van der Waals surface area contributed by atoms with Crippen LogP contribution in [0.1, 0.15) is 29.0 Å². The molecule has 5 heteroatoms. The summed E-state index contributed by atoms with van der Waals surface area (Å²) in [5.41, 5.74) is 2.69. The molecule has 100 valence electrons. The molecule has 3 nitrogen and oxygen atoms in total. The number of nitrogens with one attached hydrogen (secondary N) is 1. The first-order chi connectivity index (χ1) is 9.38. The Kier molecular flexibility index (Phi) is 3.06. The van der Waals surface area contributed by atoms with Gasteiger partial charge in [-0.1, -0.05) is 0 Å². The van der Waals surface area contributed by atoms with Crippen molar-refractivity contribution in [2.45, 2.75) is 38.4 Å². The highest BCUT2D eigenvalue weighted by molar-refractivity contribution is 7.13. The zero-order valence-electron chi connectivity index (χ0n) is 10.8. The van der Waals surface area contributed by atoms with E-state index in [2.05, 4.69) is 27.0 Å². The standard InChI is InChI=1S/C14H17N3S2/c1-2-11(1)15-7-12-9-19-14(16-12)17-5-3-13-10(8-17)4-6-18-13/h4,6,9,11,15H,1-3,5,7-8H2. The highest BCUT2D eigenvalue weighted by Gasteiger charge is 2.22. The molecule has 0 saturated heterocycles. The molecule has 0 amide bonds. The van der Waals surface area contributed by atoms with Crippen LogP contribution >= 0.6 is 22.7 Å². The van der Waals surface area contributed by atoms with Gasteiger partial charge in [-0.25, -0.2) is 4.98 Å². The average molecular weight is 291 g/mol. The van der Waals surface area contributed by atoms with Crippen LogP contribution in [0.4, 0.5) is 5.13 Å². The minimum absolute atomic E-state index is 0.758. The molecule has 1 aliphatic heterocycles. The summed E-state index contributed by atoms with van der Waals surface area (Å²) in [4.78, 5) is 8.75. The van der Waals surface area contributed by atoms with Gasteiger partial charge in [0, 0.05) is 35.9 Å². The minimum atomic E-state index is 0.758. The van der Waals surface area contributed by atoms with E-state index < -0.39 is 0 Å². The van der Waals surface area contributed by atoms with Crippen molar-refractivity contribution in [3.63, 3.8) is 0 Å². The van der Waals surface area contributed by atoms with Gasteiger partial charge in [0.25, 0.3) is 0 Å². The van der Waals surface area contributed by atoms with Crippen molar-refractivity contribution in [1.29, 1.82) is 0 Å². The van der Waals surface area contributed by atoms with Crippen LogP contribution in [0.15, 0.2) is 16.8 Å². The van der Waals surface area contributed by atoms with Gasteiger partial charge in [0.05, 0.1) is 5.69 Å². The lowest BCUT2D eigenvalue weighted by Crippen LogP contribution is -2.29. The monoisotopic (exact) mass is 291 g/mol. The zero-order valence-corrected chi connectivity index (χ0v) is 12.4. The number of thiophene rings is 1. The topological polar surface area (TPSA) is 28.2 Å². The molecule has 2 aromatic rings. The Morgan fingerprint density at radius 3 is 3.21 bits per heavy atom. The number of anilines is 1. The van der Waals surface area contributed by atoms with Gasteiger partial charge < -0.3 is 10.2 Å². The molecule has 1 fully saturated rings. The zero-order chi connectivity index (χ0) is 12.7. The molecule has 0 aromatic carbocycles. The first-order valence-electron chi connectivity index (χ1n) is 6.86. The number of hydrogen-bond donors (Lipinski definition) is 1. The lowest BCUT2D eigenvalue weighted by atomic mass is 10.1. The van der Waals surface area contributed by atoms with Gasteiger partial charge in [0.15, 0.2) is 5.13 Å². The van der Waals surface area contributed by atoms with Crippen molar-refractivity contribution in [3.8, 4) is 0 Å². The quantitative estimate of drug-likeness (QED) is 0.938. The van der Waals surface area contributed by atoms with E-state index in [0.717, 1.165) is 25.7 Å². The van der Waals surface area contributed by atoms with E-state index in [-0.39, 0.29) is 0 Å². The smallest absolute Gasteiger partial charge is 0.185 e. The third kappa shape index (κ3) is 2.55. The van der Waals surface area contributed by atoms with Gasteiger partial charge in [-0.2, -0.15) is 0 Å². The molecule has 1 saturated carbocycles. The second kappa shape index (κ2) is 4.89. The fourth-order valence-electron chi connectivity index (χ4n) is 2.47. The molecular formula is C14H17N3S2. The lowest BCUT2D eigenvalue weighted by Gasteiger charge is -2.26. The van der Waals surface area contributed by atoms with Crippen LogP contribution in [-0.4, -0.2) is 17.6 Å². The van der Waals surface area contributed by atoms with Gasteiger partial charge >= 0.3 is 0 Å². The fraction of sp³-hybridized carbons (Fsp3) is 0.500. The number of fused-ring (bicyclic) bond motifs is 1. The van der Waals surface area contributed by atoms with Crippen LogP contribution in [0.3, 0.4) is 0 Å². The molecule has 0 radical (unpaired) electrons.